The SMILES string of the molecule is CN1CC[C@@]23[C@@H]4[C@]56C=CC(=O)[C@@]4(O)[C@H]4C7=Nc8ccccc8[C@@H](C[C@@]2([C@H]45)[C@H]1C6)[C@H]73. The van der Waals surface area contributed by atoms with Crippen molar-refractivity contribution in [2.24, 2.45) is 44.9 Å². The van der Waals surface area contributed by atoms with Gasteiger partial charge in [-0.15, -0.1) is 0 Å². The lowest BCUT2D eigenvalue weighted by atomic mass is 9.37. The Bertz CT molecular complexity index is 1160. The van der Waals surface area contributed by atoms with Gasteiger partial charge < -0.3 is 10.0 Å². The van der Waals surface area contributed by atoms with E-state index in [9.17, 15) is 9.90 Å². The van der Waals surface area contributed by atoms with Crippen molar-refractivity contribution in [2.75, 3.05) is 13.6 Å². The van der Waals surface area contributed by atoms with Gasteiger partial charge in [-0.3, -0.25) is 9.79 Å². The Hall–Kier alpha value is -1.78. The zero-order valence-corrected chi connectivity index (χ0v) is 16.5. The van der Waals surface area contributed by atoms with Crippen LogP contribution < -0.4 is 0 Å². The molecule has 1 aromatic carbocycles. The number of hydrogen-bond acceptors (Lipinski definition) is 4. The summed E-state index contributed by atoms with van der Waals surface area (Å²) < 4.78 is 0. The van der Waals surface area contributed by atoms with E-state index in [2.05, 4.69) is 42.3 Å². The smallest absolute Gasteiger partial charge is 0.187 e. The van der Waals surface area contributed by atoms with Crippen molar-refractivity contribution in [3.63, 3.8) is 0 Å². The monoisotopic (exact) mass is 384 g/mol. The molecule has 10 rings (SSSR count). The van der Waals surface area contributed by atoms with Crippen LogP contribution in [-0.4, -0.2) is 46.7 Å². The predicted molar refractivity (Wildman–Crippen MR) is 107 cm³/mol. The molecule has 4 heteroatoms. The second kappa shape index (κ2) is 3.80. The van der Waals surface area contributed by atoms with E-state index in [0.717, 1.165) is 25.1 Å². The molecule has 6 saturated carbocycles. The molecule has 7 fully saturated rings. The Morgan fingerprint density at radius 1 is 1.17 bits per heavy atom. The number of benzene rings is 1. The maximum atomic E-state index is 13.3. The zero-order chi connectivity index (χ0) is 19.1. The summed E-state index contributed by atoms with van der Waals surface area (Å²) in [7, 11) is 2.32. The summed E-state index contributed by atoms with van der Waals surface area (Å²) in [5, 5.41) is 12.2. The highest BCUT2D eigenvalue weighted by molar-refractivity contribution is 6.10. The fourth-order valence-electron chi connectivity index (χ4n) is 11.6. The normalized spacial score (nSPS) is 60.8. The maximum absolute atomic E-state index is 13.3. The third kappa shape index (κ3) is 1.03. The summed E-state index contributed by atoms with van der Waals surface area (Å²) in [6, 6.07) is 9.27. The minimum absolute atomic E-state index is 0.00366. The highest BCUT2D eigenvalue weighted by Gasteiger charge is 2.99. The first kappa shape index (κ1) is 15.1. The molecule has 29 heavy (non-hydrogen) atoms. The molecule has 0 unspecified atom stereocenters. The maximum Gasteiger partial charge on any atom is 0.187 e. The molecular formula is C25H24N2O2. The van der Waals surface area contributed by atoms with Crippen molar-refractivity contribution in [3.8, 4) is 0 Å². The van der Waals surface area contributed by atoms with E-state index in [1.807, 2.05) is 0 Å². The van der Waals surface area contributed by atoms with E-state index >= 15 is 0 Å². The quantitative estimate of drug-likeness (QED) is 0.748. The zero-order valence-electron chi connectivity index (χ0n) is 16.5. The Balaban J connectivity index is 1.47. The number of piperidine rings is 1. The van der Waals surface area contributed by atoms with Crippen molar-refractivity contribution in [1.29, 1.82) is 0 Å². The fraction of sp³-hybridized carbons (Fsp3) is 0.600. The van der Waals surface area contributed by atoms with Crippen LogP contribution in [0.25, 0.3) is 0 Å². The molecule has 3 spiro atoms. The van der Waals surface area contributed by atoms with Crippen LogP contribution in [-0.2, 0) is 4.79 Å². The summed E-state index contributed by atoms with van der Waals surface area (Å²) in [5.74, 6) is 1.34. The lowest BCUT2D eigenvalue weighted by Crippen LogP contribution is -2.77. The summed E-state index contributed by atoms with van der Waals surface area (Å²) >= 11 is 0. The largest absolute Gasteiger partial charge is 0.381 e. The molecule has 0 radical (unpaired) electrons. The Morgan fingerprint density at radius 3 is 2.93 bits per heavy atom. The molecule has 1 saturated heterocycles. The van der Waals surface area contributed by atoms with Gasteiger partial charge in [0.25, 0.3) is 0 Å². The van der Waals surface area contributed by atoms with Gasteiger partial charge in [0.2, 0.25) is 0 Å². The van der Waals surface area contributed by atoms with Crippen LogP contribution in [0.4, 0.5) is 5.69 Å². The van der Waals surface area contributed by atoms with Crippen molar-refractivity contribution >= 4 is 17.2 Å². The van der Waals surface area contributed by atoms with E-state index in [-0.39, 0.29) is 33.9 Å². The van der Waals surface area contributed by atoms with Gasteiger partial charge in [-0.2, -0.15) is 0 Å². The summed E-state index contributed by atoms with van der Waals surface area (Å²) in [6.07, 6.45) is 7.49. The first-order valence-electron chi connectivity index (χ1n) is 11.4. The first-order valence-corrected chi connectivity index (χ1v) is 11.4. The lowest BCUT2D eigenvalue weighted by molar-refractivity contribution is -0.221. The second-order valence-corrected chi connectivity index (χ2v) is 11.4. The Morgan fingerprint density at radius 2 is 2.03 bits per heavy atom. The second-order valence-electron chi connectivity index (χ2n) is 11.4. The van der Waals surface area contributed by atoms with Gasteiger partial charge in [-0.05, 0) is 73.2 Å². The van der Waals surface area contributed by atoms with E-state index in [4.69, 9.17) is 4.99 Å². The van der Waals surface area contributed by atoms with E-state index in [1.54, 1.807) is 6.08 Å². The van der Waals surface area contributed by atoms with Crippen molar-refractivity contribution in [1.82, 2.24) is 4.90 Å². The van der Waals surface area contributed by atoms with Crippen LogP contribution in [0.1, 0.15) is 30.7 Å². The molecule has 10 atom stereocenters. The number of rotatable bonds is 0. The lowest BCUT2D eigenvalue weighted by Gasteiger charge is -2.70. The minimum Gasteiger partial charge on any atom is -0.381 e. The average molecular weight is 384 g/mol. The van der Waals surface area contributed by atoms with E-state index in [0.29, 0.717) is 23.8 Å². The molecule has 2 heterocycles. The number of nitrogens with zero attached hydrogens (tertiary/aromatic N) is 2. The number of carbonyl (C=O) groups excluding carboxylic acids is 1. The summed E-state index contributed by atoms with van der Waals surface area (Å²) in [5.41, 5.74) is 2.81. The number of hydrogen-bond donors (Lipinski definition) is 1. The molecule has 9 aliphatic rings. The molecule has 0 aromatic heterocycles. The third-order valence-electron chi connectivity index (χ3n) is 11.5. The van der Waals surface area contributed by atoms with Gasteiger partial charge in [0.1, 0.15) is 5.60 Å². The molecule has 1 N–H and O–H groups in total. The number of carbonyl (C=O) groups is 1. The fourth-order valence-corrected chi connectivity index (χ4v) is 11.6. The molecule has 1 aromatic rings. The average Bonchev–Trinajstić information content (AvgIpc) is 3.27. The Labute approximate surface area is 169 Å². The van der Waals surface area contributed by atoms with Crippen LogP contribution in [0.2, 0.25) is 0 Å². The van der Waals surface area contributed by atoms with E-state index in [1.165, 1.54) is 17.7 Å². The Kier molecular flexibility index (Phi) is 1.98. The number of aliphatic imine (C=N–C) groups is 1. The van der Waals surface area contributed by atoms with Gasteiger partial charge >= 0.3 is 0 Å². The highest BCUT2D eigenvalue weighted by Crippen LogP contribution is 2.97. The number of aliphatic hydroxyl groups is 1. The third-order valence-corrected chi connectivity index (χ3v) is 11.5. The number of para-hydroxylation sites is 1. The van der Waals surface area contributed by atoms with Gasteiger partial charge in [-0.1, -0.05) is 24.3 Å². The van der Waals surface area contributed by atoms with Gasteiger partial charge in [0, 0.05) is 34.9 Å². The molecule has 4 nitrogen and oxygen atoms in total. The molecule has 0 amide bonds. The van der Waals surface area contributed by atoms with Crippen LogP contribution >= 0.6 is 0 Å². The van der Waals surface area contributed by atoms with Crippen molar-refractivity contribution in [2.45, 2.75) is 36.8 Å². The predicted octanol–water partition coefficient (Wildman–Crippen LogP) is 2.70. The molecular weight excluding hydrogens is 360 g/mol. The van der Waals surface area contributed by atoms with Crippen molar-refractivity contribution in [3.05, 3.63) is 42.0 Å². The minimum atomic E-state index is -1.21. The van der Waals surface area contributed by atoms with Gasteiger partial charge in [0.15, 0.2) is 5.78 Å². The number of allylic oxidation sites excluding steroid dienone is 1. The molecule has 146 valence electrons. The molecule has 7 aliphatic carbocycles. The molecule has 8 bridgehead atoms. The number of likely N-dealkylation sites (tertiary alicyclic amines) is 1. The van der Waals surface area contributed by atoms with Crippen LogP contribution in [0.5, 0.6) is 0 Å². The summed E-state index contributed by atoms with van der Waals surface area (Å²) in [6.45, 7) is 1.09. The van der Waals surface area contributed by atoms with Gasteiger partial charge in [-0.25, -0.2) is 0 Å². The number of fused-ring (bicyclic) bond motifs is 2. The standard InChI is InChI=1S/C25H24N2O2/c1-27-9-8-23-17-13-10-24(23)15(27)11-22-7-6-16(28)25(29,21(22)23)18(20(22)24)19(17)26-14-5-3-2-4-12(13)14/h2-7,13,15,17-18,20-21,29H,8-11H2,1H3/t13-,15-,17-,18+,20-,21+,22+,23-,24+,25-/m1/s1. The van der Waals surface area contributed by atoms with Crippen LogP contribution in [0.3, 0.4) is 0 Å². The van der Waals surface area contributed by atoms with Crippen molar-refractivity contribution < 1.29 is 9.90 Å². The van der Waals surface area contributed by atoms with Gasteiger partial charge in [0.05, 0.1) is 5.69 Å². The topological polar surface area (TPSA) is 52.9 Å². The first-order chi connectivity index (χ1) is 14.0. The molecule has 2 aliphatic heterocycles. The number of ketones is 1. The summed E-state index contributed by atoms with van der Waals surface area (Å²) in [4.78, 5) is 21.2. The van der Waals surface area contributed by atoms with Crippen LogP contribution in [0.15, 0.2) is 41.4 Å². The van der Waals surface area contributed by atoms with E-state index < -0.39 is 5.60 Å². The van der Waals surface area contributed by atoms with Crippen LogP contribution in [0, 0.1) is 39.9 Å². The highest BCUT2D eigenvalue weighted by atomic mass is 16.3.